The Hall–Kier alpha value is -5.10. The van der Waals surface area contributed by atoms with E-state index in [4.69, 9.17) is 19.3 Å². The van der Waals surface area contributed by atoms with Crippen LogP contribution in [0.3, 0.4) is 0 Å². The number of benzene rings is 3. The molecular weight excluding hydrogens is 614 g/mol. The summed E-state index contributed by atoms with van der Waals surface area (Å²) in [7, 11) is 3.30. The first-order valence-electron chi connectivity index (χ1n) is 15.7. The third kappa shape index (κ3) is 8.06. The number of carbonyl (C=O) groups is 4. The van der Waals surface area contributed by atoms with Gasteiger partial charge in [-0.1, -0.05) is 72.8 Å². The Bertz CT molecular complexity index is 1630. The average Bonchev–Trinajstić information content (AvgIpc) is 3.52. The second-order valence-corrected chi connectivity index (χ2v) is 11.6. The van der Waals surface area contributed by atoms with Crippen LogP contribution in [0.1, 0.15) is 39.9 Å². The lowest BCUT2D eigenvalue weighted by Gasteiger charge is -2.31. The van der Waals surface area contributed by atoms with Gasteiger partial charge < -0.3 is 34.9 Å². The van der Waals surface area contributed by atoms with Crippen molar-refractivity contribution in [2.24, 2.45) is 0 Å². The third-order valence-corrected chi connectivity index (χ3v) is 7.99. The molecule has 1 aliphatic carbocycles. The fourth-order valence-electron chi connectivity index (χ4n) is 5.57. The number of carbonyl (C=O) groups excluding carboxylic acids is 4. The van der Waals surface area contributed by atoms with Crippen LogP contribution in [0.25, 0.3) is 6.08 Å². The third-order valence-electron chi connectivity index (χ3n) is 7.99. The number of rotatable bonds is 12. The number of nitrogens with one attached hydrogen (secondary N) is 2. The van der Waals surface area contributed by atoms with Gasteiger partial charge in [0.15, 0.2) is 0 Å². The molecule has 1 heterocycles. The minimum absolute atomic E-state index is 0.0269. The predicted octanol–water partition coefficient (Wildman–Crippen LogP) is 2.94. The van der Waals surface area contributed by atoms with E-state index >= 15 is 0 Å². The number of esters is 1. The van der Waals surface area contributed by atoms with E-state index in [0.29, 0.717) is 11.1 Å². The highest BCUT2D eigenvalue weighted by Gasteiger charge is 2.54. The number of aliphatic hydroxyl groups is 1. The van der Waals surface area contributed by atoms with Gasteiger partial charge in [0, 0.05) is 62.8 Å². The summed E-state index contributed by atoms with van der Waals surface area (Å²) in [5, 5.41) is 14.2. The van der Waals surface area contributed by atoms with Crippen molar-refractivity contribution in [1.29, 1.82) is 0 Å². The van der Waals surface area contributed by atoms with Gasteiger partial charge in [-0.05, 0) is 29.8 Å². The summed E-state index contributed by atoms with van der Waals surface area (Å²) in [4.78, 5) is 52.5. The first kappa shape index (κ1) is 34.2. The van der Waals surface area contributed by atoms with E-state index < -0.39 is 36.0 Å². The van der Waals surface area contributed by atoms with Crippen LogP contribution in [0.15, 0.2) is 103 Å². The van der Waals surface area contributed by atoms with Crippen LogP contribution in [0.2, 0.25) is 0 Å². The van der Waals surface area contributed by atoms with Crippen molar-refractivity contribution in [3.05, 3.63) is 125 Å². The lowest BCUT2D eigenvalue weighted by Crippen LogP contribution is -2.44. The second-order valence-electron chi connectivity index (χ2n) is 11.6. The summed E-state index contributed by atoms with van der Waals surface area (Å²) in [6.45, 7) is 0.0155. The average molecular weight is 654 g/mol. The van der Waals surface area contributed by atoms with Gasteiger partial charge in [0.25, 0.3) is 0 Å². The van der Waals surface area contributed by atoms with Gasteiger partial charge in [0.2, 0.25) is 23.5 Å². The van der Waals surface area contributed by atoms with Gasteiger partial charge in [0.05, 0.1) is 12.2 Å². The lowest BCUT2D eigenvalue weighted by molar-refractivity contribution is -0.157. The Morgan fingerprint density at radius 2 is 1.60 bits per heavy atom. The zero-order chi connectivity index (χ0) is 34.1. The van der Waals surface area contributed by atoms with E-state index in [1.54, 1.807) is 50.5 Å². The summed E-state index contributed by atoms with van der Waals surface area (Å²) in [5.41, 5.74) is 2.68. The van der Waals surface area contributed by atoms with E-state index in [1.165, 1.54) is 11.0 Å². The van der Waals surface area contributed by atoms with Crippen molar-refractivity contribution < 1.29 is 38.5 Å². The summed E-state index contributed by atoms with van der Waals surface area (Å²) >= 11 is 0. The zero-order valence-corrected chi connectivity index (χ0v) is 26.8. The molecule has 0 saturated carbocycles. The van der Waals surface area contributed by atoms with Gasteiger partial charge in [-0.15, -0.1) is 0 Å². The highest BCUT2D eigenvalue weighted by atomic mass is 16.8. The van der Waals surface area contributed by atoms with Crippen LogP contribution < -0.4 is 10.6 Å². The van der Waals surface area contributed by atoms with Gasteiger partial charge >= 0.3 is 5.97 Å². The first-order chi connectivity index (χ1) is 23.2. The van der Waals surface area contributed by atoms with Crippen LogP contribution >= 0.6 is 0 Å². The molecule has 3 aromatic rings. The van der Waals surface area contributed by atoms with Crippen LogP contribution in [-0.2, 0) is 34.4 Å². The molecule has 48 heavy (non-hydrogen) atoms. The van der Waals surface area contributed by atoms with Crippen LogP contribution in [0.5, 0.6) is 0 Å². The minimum atomic E-state index is -1.35. The summed E-state index contributed by atoms with van der Waals surface area (Å²) < 4.78 is 19.6. The van der Waals surface area contributed by atoms with E-state index in [9.17, 15) is 19.2 Å². The van der Waals surface area contributed by atoms with Crippen molar-refractivity contribution in [2.45, 2.75) is 36.9 Å². The standard InChI is InChI=1S/C37H39N3O8/c1-40(2)33(43)17-16-25-10-9-11-26(22-25)36(45)46-30-23-27(35(44)39-19-18-32(42)38-20-21-41)24-31-34(30)48-37(47-31,28-12-5-3-6-13-28)29-14-7-4-8-15-29/h3-17,22,24,30-31,34,41H,18-21,23H2,1-2H3,(H,38,42)(H,39,44). The number of hydrogen-bond acceptors (Lipinski definition) is 8. The number of amides is 3. The number of fused-ring (bicyclic) bond motifs is 1. The second kappa shape index (κ2) is 15.7. The largest absolute Gasteiger partial charge is 0.456 e. The Morgan fingerprint density at radius 1 is 0.917 bits per heavy atom. The number of aliphatic hydroxyl groups excluding tert-OH is 1. The monoisotopic (exact) mass is 653 g/mol. The molecule has 0 bridgehead atoms. The van der Waals surface area contributed by atoms with Crippen molar-refractivity contribution in [2.75, 3.05) is 33.8 Å². The van der Waals surface area contributed by atoms with E-state index in [2.05, 4.69) is 10.6 Å². The zero-order valence-electron chi connectivity index (χ0n) is 26.8. The molecule has 250 valence electrons. The number of likely N-dealkylation sites (N-methyl/N-ethyl adjacent to an activating group) is 1. The molecule has 1 saturated heterocycles. The van der Waals surface area contributed by atoms with E-state index in [0.717, 1.165) is 11.1 Å². The fourth-order valence-corrected chi connectivity index (χ4v) is 5.57. The van der Waals surface area contributed by atoms with Crippen LogP contribution in [-0.4, -0.2) is 85.8 Å². The van der Waals surface area contributed by atoms with E-state index in [1.807, 2.05) is 60.7 Å². The molecule has 11 nitrogen and oxygen atoms in total. The van der Waals surface area contributed by atoms with Crippen molar-refractivity contribution in [3.8, 4) is 0 Å². The smallest absolute Gasteiger partial charge is 0.338 e. The Balaban J connectivity index is 1.42. The number of hydrogen-bond donors (Lipinski definition) is 3. The minimum Gasteiger partial charge on any atom is -0.456 e. The van der Waals surface area contributed by atoms with Crippen molar-refractivity contribution in [1.82, 2.24) is 15.5 Å². The highest BCUT2D eigenvalue weighted by Crippen LogP contribution is 2.47. The van der Waals surface area contributed by atoms with Crippen LogP contribution in [0, 0.1) is 0 Å². The van der Waals surface area contributed by atoms with Crippen molar-refractivity contribution >= 4 is 29.8 Å². The molecule has 11 heteroatoms. The molecule has 3 atom stereocenters. The molecule has 3 aromatic carbocycles. The quantitative estimate of drug-likeness (QED) is 0.200. The fraction of sp³-hybridized carbons (Fsp3) is 0.297. The number of ether oxygens (including phenoxy) is 3. The molecule has 0 aromatic heterocycles. The van der Waals surface area contributed by atoms with Crippen LogP contribution in [0.4, 0.5) is 0 Å². The Labute approximate surface area is 279 Å². The molecule has 0 spiro atoms. The summed E-state index contributed by atoms with van der Waals surface area (Å²) in [5.74, 6) is -2.91. The van der Waals surface area contributed by atoms with Gasteiger partial charge in [-0.2, -0.15) is 0 Å². The lowest BCUT2D eigenvalue weighted by atomic mass is 9.91. The Morgan fingerprint density at radius 3 is 2.25 bits per heavy atom. The summed E-state index contributed by atoms with van der Waals surface area (Å²) in [6, 6.07) is 25.6. The predicted molar refractivity (Wildman–Crippen MR) is 177 cm³/mol. The molecule has 5 rings (SSSR count). The highest BCUT2D eigenvalue weighted by molar-refractivity contribution is 5.95. The molecular formula is C37H39N3O8. The molecule has 3 unspecified atom stereocenters. The number of nitrogens with zero attached hydrogens (tertiary/aromatic N) is 1. The maximum absolute atomic E-state index is 13.6. The summed E-state index contributed by atoms with van der Waals surface area (Å²) in [6.07, 6.45) is 2.34. The maximum Gasteiger partial charge on any atom is 0.338 e. The maximum atomic E-state index is 13.6. The topological polar surface area (TPSA) is 144 Å². The molecule has 1 fully saturated rings. The van der Waals surface area contributed by atoms with Gasteiger partial charge in [-0.25, -0.2) is 4.79 Å². The molecule has 3 amide bonds. The first-order valence-corrected chi connectivity index (χ1v) is 15.7. The molecule has 1 aliphatic heterocycles. The van der Waals surface area contributed by atoms with Gasteiger partial charge in [0.1, 0.15) is 18.3 Å². The molecule has 3 N–H and O–H groups in total. The van der Waals surface area contributed by atoms with E-state index in [-0.39, 0.29) is 49.9 Å². The molecule has 2 aliphatic rings. The molecule has 0 radical (unpaired) electrons. The Kier molecular flexibility index (Phi) is 11.2. The normalized spacial score (nSPS) is 19.6. The van der Waals surface area contributed by atoms with Crippen molar-refractivity contribution in [3.63, 3.8) is 0 Å². The SMILES string of the molecule is CN(C)C(=O)C=Cc1cccc(C(=O)OC2CC(C(=O)NCCC(=O)NCCO)=CC3OC(c4ccccc4)(c4ccccc4)OC32)c1. The van der Waals surface area contributed by atoms with Gasteiger partial charge in [-0.3, -0.25) is 14.4 Å².